The van der Waals surface area contributed by atoms with Crippen LogP contribution < -0.4 is 10.1 Å². The lowest BCUT2D eigenvalue weighted by atomic mass is 10.1. The topological polar surface area (TPSA) is 67.9 Å². The lowest BCUT2D eigenvalue weighted by Crippen LogP contribution is -2.46. The SMILES string of the molecule is COc1ccc(CCC(=O)NCCN(C(C)=O)C2CCOCC2)cc1. The molecule has 0 spiro atoms. The maximum atomic E-state index is 12.0. The van der Waals surface area contributed by atoms with Gasteiger partial charge in [-0.2, -0.15) is 0 Å². The molecule has 6 nitrogen and oxygen atoms in total. The van der Waals surface area contributed by atoms with Crippen molar-refractivity contribution >= 4 is 11.8 Å². The third kappa shape index (κ3) is 6.38. The molecule has 1 N–H and O–H groups in total. The van der Waals surface area contributed by atoms with E-state index in [0.29, 0.717) is 39.1 Å². The number of hydrogen-bond acceptors (Lipinski definition) is 4. The fourth-order valence-electron chi connectivity index (χ4n) is 3.05. The molecule has 1 fully saturated rings. The summed E-state index contributed by atoms with van der Waals surface area (Å²) in [5, 5.41) is 2.91. The van der Waals surface area contributed by atoms with Gasteiger partial charge in [0.25, 0.3) is 0 Å². The molecule has 2 rings (SSSR count). The van der Waals surface area contributed by atoms with Crippen LogP contribution in [0.2, 0.25) is 0 Å². The van der Waals surface area contributed by atoms with Crippen LogP contribution in [0.15, 0.2) is 24.3 Å². The fourth-order valence-corrected chi connectivity index (χ4v) is 3.05. The molecule has 6 heteroatoms. The second-order valence-corrected chi connectivity index (χ2v) is 6.25. The van der Waals surface area contributed by atoms with E-state index in [4.69, 9.17) is 9.47 Å². The summed E-state index contributed by atoms with van der Waals surface area (Å²) in [6, 6.07) is 7.95. The van der Waals surface area contributed by atoms with Crippen LogP contribution in [0.3, 0.4) is 0 Å². The number of amides is 2. The van der Waals surface area contributed by atoms with Gasteiger partial charge in [-0.3, -0.25) is 9.59 Å². The zero-order chi connectivity index (χ0) is 18.1. The summed E-state index contributed by atoms with van der Waals surface area (Å²) in [5.41, 5.74) is 1.10. The highest BCUT2D eigenvalue weighted by atomic mass is 16.5. The molecule has 1 aromatic rings. The van der Waals surface area contributed by atoms with E-state index in [2.05, 4.69) is 5.32 Å². The molecule has 0 saturated carbocycles. The van der Waals surface area contributed by atoms with Crippen LogP contribution in [0.4, 0.5) is 0 Å². The first kappa shape index (κ1) is 19.2. The highest BCUT2D eigenvalue weighted by molar-refractivity contribution is 5.76. The van der Waals surface area contributed by atoms with E-state index < -0.39 is 0 Å². The number of hydrogen-bond donors (Lipinski definition) is 1. The van der Waals surface area contributed by atoms with Crippen molar-refractivity contribution in [2.75, 3.05) is 33.4 Å². The van der Waals surface area contributed by atoms with Crippen molar-refractivity contribution in [1.82, 2.24) is 10.2 Å². The minimum atomic E-state index is 0.00583. The molecule has 0 aromatic heterocycles. The number of aryl methyl sites for hydroxylation is 1. The fraction of sp³-hybridized carbons (Fsp3) is 0.579. The molecule has 1 heterocycles. The van der Waals surface area contributed by atoms with E-state index in [0.717, 1.165) is 24.2 Å². The Bertz CT molecular complexity index is 553. The zero-order valence-electron chi connectivity index (χ0n) is 15.1. The maximum absolute atomic E-state index is 12.0. The predicted octanol–water partition coefficient (Wildman–Crippen LogP) is 1.77. The Morgan fingerprint density at radius 3 is 2.52 bits per heavy atom. The molecular weight excluding hydrogens is 320 g/mol. The van der Waals surface area contributed by atoms with Gasteiger partial charge in [0.2, 0.25) is 11.8 Å². The Morgan fingerprint density at radius 2 is 1.92 bits per heavy atom. The first-order valence-electron chi connectivity index (χ1n) is 8.84. The third-order valence-electron chi connectivity index (χ3n) is 4.51. The minimum Gasteiger partial charge on any atom is -0.497 e. The molecule has 0 radical (unpaired) electrons. The first-order valence-corrected chi connectivity index (χ1v) is 8.84. The molecule has 1 aliphatic heterocycles. The van der Waals surface area contributed by atoms with Gasteiger partial charge in [-0.15, -0.1) is 0 Å². The van der Waals surface area contributed by atoms with Crippen molar-refractivity contribution in [1.29, 1.82) is 0 Å². The quantitative estimate of drug-likeness (QED) is 0.777. The number of nitrogens with one attached hydrogen (secondary N) is 1. The van der Waals surface area contributed by atoms with Gasteiger partial charge in [0.15, 0.2) is 0 Å². The Morgan fingerprint density at radius 1 is 1.24 bits per heavy atom. The number of nitrogens with zero attached hydrogens (tertiary/aromatic N) is 1. The van der Waals surface area contributed by atoms with Crippen LogP contribution in [-0.2, 0) is 20.7 Å². The average molecular weight is 348 g/mol. The Labute approximate surface area is 149 Å². The average Bonchev–Trinajstić information content (AvgIpc) is 2.64. The van der Waals surface area contributed by atoms with Gasteiger partial charge < -0.3 is 19.7 Å². The van der Waals surface area contributed by atoms with Gasteiger partial charge in [0.1, 0.15) is 5.75 Å². The monoisotopic (exact) mass is 348 g/mol. The van der Waals surface area contributed by atoms with Crippen LogP contribution in [-0.4, -0.2) is 56.2 Å². The molecule has 1 saturated heterocycles. The number of methoxy groups -OCH3 is 1. The lowest BCUT2D eigenvalue weighted by molar-refractivity contribution is -0.133. The molecule has 138 valence electrons. The number of rotatable bonds is 8. The summed E-state index contributed by atoms with van der Waals surface area (Å²) in [5.74, 6) is 0.872. The van der Waals surface area contributed by atoms with Crippen molar-refractivity contribution in [2.24, 2.45) is 0 Å². The largest absolute Gasteiger partial charge is 0.497 e. The Hall–Kier alpha value is -2.08. The molecule has 2 amide bonds. The van der Waals surface area contributed by atoms with E-state index >= 15 is 0 Å². The van der Waals surface area contributed by atoms with Gasteiger partial charge in [-0.25, -0.2) is 0 Å². The van der Waals surface area contributed by atoms with Crippen molar-refractivity contribution in [3.63, 3.8) is 0 Å². The lowest BCUT2D eigenvalue weighted by Gasteiger charge is -2.33. The molecule has 0 unspecified atom stereocenters. The van der Waals surface area contributed by atoms with Crippen LogP contribution >= 0.6 is 0 Å². The zero-order valence-corrected chi connectivity index (χ0v) is 15.1. The number of carbonyl (C=O) groups is 2. The molecule has 0 aliphatic carbocycles. The van der Waals surface area contributed by atoms with Gasteiger partial charge in [0, 0.05) is 45.7 Å². The highest BCUT2D eigenvalue weighted by Gasteiger charge is 2.23. The number of benzene rings is 1. The van der Waals surface area contributed by atoms with Crippen molar-refractivity contribution in [2.45, 2.75) is 38.6 Å². The standard InChI is InChI=1S/C19H28N2O4/c1-15(22)21(17-9-13-25-14-10-17)12-11-20-19(23)8-5-16-3-6-18(24-2)7-4-16/h3-4,6-7,17H,5,8-14H2,1-2H3,(H,20,23). The van der Waals surface area contributed by atoms with Crippen LogP contribution in [0, 0.1) is 0 Å². The molecule has 25 heavy (non-hydrogen) atoms. The summed E-state index contributed by atoms with van der Waals surface area (Å²) < 4.78 is 10.5. The molecular formula is C19H28N2O4. The minimum absolute atomic E-state index is 0.00583. The van der Waals surface area contributed by atoms with E-state index in [-0.39, 0.29) is 17.9 Å². The molecule has 0 bridgehead atoms. The third-order valence-corrected chi connectivity index (χ3v) is 4.51. The molecule has 0 atom stereocenters. The van der Waals surface area contributed by atoms with Crippen LogP contribution in [0.1, 0.15) is 31.7 Å². The first-order chi connectivity index (χ1) is 12.1. The van der Waals surface area contributed by atoms with Crippen LogP contribution in [0.25, 0.3) is 0 Å². The van der Waals surface area contributed by atoms with Crippen molar-refractivity contribution < 1.29 is 19.1 Å². The van der Waals surface area contributed by atoms with Crippen LogP contribution in [0.5, 0.6) is 5.75 Å². The van der Waals surface area contributed by atoms with Gasteiger partial charge in [-0.05, 0) is 37.0 Å². The van der Waals surface area contributed by atoms with E-state index in [1.54, 1.807) is 14.0 Å². The van der Waals surface area contributed by atoms with E-state index in [1.807, 2.05) is 29.2 Å². The van der Waals surface area contributed by atoms with Gasteiger partial charge >= 0.3 is 0 Å². The van der Waals surface area contributed by atoms with Crippen molar-refractivity contribution in [3.8, 4) is 5.75 Å². The second kappa shape index (κ2) is 10.0. The summed E-state index contributed by atoms with van der Waals surface area (Å²) in [6.45, 7) is 4.01. The van der Waals surface area contributed by atoms with Gasteiger partial charge in [0.05, 0.1) is 7.11 Å². The normalized spacial score (nSPS) is 14.8. The van der Waals surface area contributed by atoms with Crippen molar-refractivity contribution in [3.05, 3.63) is 29.8 Å². The second-order valence-electron chi connectivity index (χ2n) is 6.25. The Balaban J connectivity index is 1.70. The number of ether oxygens (including phenoxy) is 2. The highest BCUT2D eigenvalue weighted by Crippen LogP contribution is 2.14. The summed E-state index contributed by atoms with van der Waals surface area (Å²) in [6.07, 6.45) is 2.85. The van der Waals surface area contributed by atoms with Gasteiger partial charge in [-0.1, -0.05) is 12.1 Å². The molecule has 1 aromatic carbocycles. The molecule has 1 aliphatic rings. The van der Waals surface area contributed by atoms with E-state index in [9.17, 15) is 9.59 Å². The maximum Gasteiger partial charge on any atom is 0.220 e. The number of carbonyl (C=O) groups excluding carboxylic acids is 2. The van der Waals surface area contributed by atoms with E-state index in [1.165, 1.54) is 0 Å². The summed E-state index contributed by atoms with van der Waals surface area (Å²) in [7, 11) is 1.63. The summed E-state index contributed by atoms with van der Waals surface area (Å²) in [4.78, 5) is 25.7. The Kier molecular flexibility index (Phi) is 7.73. The summed E-state index contributed by atoms with van der Waals surface area (Å²) >= 11 is 0. The smallest absolute Gasteiger partial charge is 0.220 e. The predicted molar refractivity (Wildman–Crippen MR) is 95.6 cm³/mol.